The number of hydrogen-bond donors (Lipinski definition) is 0. The number of rotatable bonds is 0. The van der Waals surface area contributed by atoms with Gasteiger partial charge >= 0.3 is 5.97 Å². The molecule has 0 heterocycles. The SMILES string of the molecule is N#CC(=O)[OH2+]. The first-order valence-electron chi connectivity index (χ1n) is 0.928. The van der Waals surface area contributed by atoms with Gasteiger partial charge in [-0.1, -0.05) is 0 Å². The Kier molecular flexibility index (Phi) is 1.03. The second-order valence-corrected chi connectivity index (χ2v) is 0.441. The van der Waals surface area contributed by atoms with Crippen molar-refractivity contribution in [3.05, 3.63) is 0 Å². The van der Waals surface area contributed by atoms with Crippen molar-refractivity contribution < 1.29 is 9.90 Å². The molecule has 0 saturated carbocycles. The second-order valence-electron chi connectivity index (χ2n) is 0.441. The van der Waals surface area contributed by atoms with E-state index in [2.05, 4.69) is 0 Å². The molecule has 0 amide bonds. The summed E-state index contributed by atoms with van der Waals surface area (Å²) in [5.41, 5.74) is 0. The molecule has 0 aliphatic carbocycles. The van der Waals surface area contributed by atoms with E-state index < -0.39 is 5.97 Å². The summed E-state index contributed by atoms with van der Waals surface area (Å²) in [6.45, 7) is 0. The Hall–Kier alpha value is -1.04. The zero-order chi connectivity index (χ0) is 4.28. The Morgan fingerprint density at radius 1 is 2.00 bits per heavy atom. The van der Waals surface area contributed by atoms with Gasteiger partial charge in [0.1, 0.15) is 0 Å². The predicted molar refractivity (Wildman–Crippen MR) is 14.2 cm³/mol. The van der Waals surface area contributed by atoms with Crippen molar-refractivity contribution in [2.24, 2.45) is 0 Å². The second kappa shape index (κ2) is 1.30. The standard InChI is InChI=1S/C2HNO2/c3-1-2(4)5/h(H,4,5)/p+1. The van der Waals surface area contributed by atoms with Crippen LogP contribution in [0.2, 0.25) is 0 Å². The molecule has 0 unspecified atom stereocenters. The third kappa shape index (κ3) is 2.96. The van der Waals surface area contributed by atoms with Crippen LogP contribution >= 0.6 is 0 Å². The van der Waals surface area contributed by atoms with Gasteiger partial charge in [-0.3, -0.25) is 0 Å². The molecule has 0 fully saturated rings. The first kappa shape index (κ1) is 3.96. The van der Waals surface area contributed by atoms with Crippen molar-refractivity contribution in [3.63, 3.8) is 0 Å². The van der Waals surface area contributed by atoms with E-state index in [0.717, 1.165) is 6.07 Å². The summed E-state index contributed by atoms with van der Waals surface area (Å²) in [6, 6.07) is 1.06. The average molecular weight is 72.0 g/mol. The predicted octanol–water partition coefficient (Wildman–Crippen LogP) is -1.24. The zero-order valence-corrected chi connectivity index (χ0v) is 2.36. The molecule has 2 N–H and O–H groups in total. The van der Waals surface area contributed by atoms with Crippen molar-refractivity contribution in [2.75, 3.05) is 0 Å². The lowest BCUT2D eigenvalue weighted by molar-refractivity contribution is -0.130. The summed E-state index contributed by atoms with van der Waals surface area (Å²) >= 11 is 0. The van der Waals surface area contributed by atoms with E-state index in [1.807, 2.05) is 0 Å². The smallest absolute Gasteiger partial charge is 0.553 e. The monoisotopic (exact) mass is 72.0 g/mol. The molecule has 0 saturated heterocycles. The van der Waals surface area contributed by atoms with Gasteiger partial charge in [-0.15, -0.1) is 0 Å². The van der Waals surface area contributed by atoms with Crippen molar-refractivity contribution in [1.29, 1.82) is 5.26 Å². The Labute approximate surface area is 28.5 Å². The van der Waals surface area contributed by atoms with E-state index in [1.54, 1.807) is 0 Å². The fourth-order valence-electron chi connectivity index (χ4n) is 0. The van der Waals surface area contributed by atoms with Crippen molar-refractivity contribution in [3.8, 4) is 6.07 Å². The molecule has 26 valence electrons. The number of hydrogen-bond acceptors (Lipinski definition) is 2. The van der Waals surface area contributed by atoms with Crippen LogP contribution in [0.1, 0.15) is 0 Å². The van der Waals surface area contributed by atoms with Crippen LogP contribution in [-0.2, 0) is 4.79 Å². The average Bonchev–Trinajstić information content (AvgIpc) is 1.38. The molecule has 0 aliphatic rings. The van der Waals surface area contributed by atoms with E-state index >= 15 is 0 Å². The van der Waals surface area contributed by atoms with Crippen LogP contribution in [0.4, 0.5) is 0 Å². The minimum atomic E-state index is -1.19. The van der Waals surface area contributed by atoms with E-state index in [4.69, 9.17) is 15.2 Å². The molecule has 0 radical (unpaired) electrons. The quantitative estimate of drug-likeness (QED) is 0.265. The molecule has 0 aliphatic heterocycles. The van der Waals surface area contributed by atoms with E-state index in [1.165, 1.54) is 0 Å². The van der Waals surface area contributed by atoms with Crippen LogP contribution in [0.25, 0.3) is 0 Å². The molecule has 0 rings (SSSR count). The molecule has 3 nitrogen and oxygen atoms in total. The number of nitriles is 1. The van der Waals surface area contributed by atoms with Crippen LogP contribution < -0.4 is 0 Å². The summed E-state index contributed by atoms with van der Waals surface area (Å²) < 4.78 is 0. The summed E-state index contributed by atoms with van der Waals surface area (Å²) in [5.74, 6) is -1.19. The van der Waals surface area contributed by atoms with Gasteiger partial charge in [0, 0.05) is 0 Å². The molecule has 5 heavy (non-hydrogen) atoms. The Bertz CT molecular complexity index is 80.1. The Morgan fingerprint density at radius 3 is 2.20 bits per heavy atom. The van der Waals surface area contributed by atoms with Crippen LogP contribution in [-0.4, -0.2) is 11.1 Å². The number of carbonyl (C=O) groups excluding carboxylic acids is 1. The molecule has 0 spiro atoms. The highest BCUT2D eigenvalue weighted by atomic mass is 16.4. The maximum atomic E-state index is 9.12. The van der Waals surface area contributed by atoms with E-state index in [-0.39, 0.29) is 0 Å². The van der Waals surface area contributed by atoms with Crippen molar-refractivity contribution >= 4 is 5.97 Å². The highest BCUT2D eigenvalue weighted by Gasteiger charge is 1.94. The maximum Gasteiger partial charge on any atom is 0.622 e. The summed E-state index contributed by atoms with van der Waals surface area (Å²) in [4.78, 5) is 9.12. The van der Waals surface area contributed by atoms with Gasteiger partial charge in [0.2, 0.25) is 0 Å². The fraction of sp³-hybridized carbons (Fsp3) is 0. The van der Waals surface area contributed by atoms with E-state index in [0.29, 0.717) is 0 Å². The van der Waals surface area contributed by atoms with Gasteiger partial charge in [-0.05, 0) is 0 Å². The van der Waals surface area contributed by atoms with Gasteiger partial charge in [-0.25, -0.2) is 0 Å². The first-order chi connectivity index (χ1) is 2.27. The van der Waals surface area contributed by atoms with E-state index in [9.17, 15) is 0 Å². The minimum absolute atomic E-state index is 1.06. The topological polar surface area (TPSA) is 63.8 Å². The van der Waals surface area contributed by atoms with Gasteiger partial charge in [0.15, 0.2) is 0 Å². The number of nitrogens with zero attached hydrogens (tertiary/aromatic N) is 1. The highest BCUT2D eigenvalue weighted by Crippen LogP contribution is 1.44. The van der Waals surface area contributed by atoms with Gasteiger partial charge in [0.25, 0.3) is 6.07 Å². The zero-order valence-electron chi connectivity index (χ0n) is 2.36. The molecule has 0 aromatic heterocycles. The summed E-state index contributed by atoms with van der Waals surface area (Å²) in [7, 11) is 0. The lowest BCUT2D eigenvalue weighted by Gasteiger charge is -1.47. The molecule has 3 heteroatoms. The van der Waals surface area contributed by atoms with Gasteiger partial charge in [0.05, 0.1) is 4.79 Å². The highest BCUT2D eigenvalue weighted by molar-refractivity contribution is 5.83. The van der Waals surface area contributed by atoms with Gasteiger partial charge < -0.3 is 5.11 Å². The van der Waals surface area contributed by atoms with Crippen LogP contribution in [0.15, 0.2) is 0 Å². The minimum Gasteiger partial charge on any atom is -0.553 e. The lowest BCUT2D eigenvalue weighted by atomic mass is 10.8. The molecular weight excluding hydrogens is 70.0 g/mol. The van der Waals surface area contributed by atoms with Crippen molar-refractivity contribution in [2.45, 2.75) is 0 Å². The number of carbonyl (C=O) groups is 1. The fourth-order valence-corrected chi connectivity index (χ4v) is 0. The third-order valence-electron chi connectivity index (χ3n) is 0.102. The summed E-state index contributed by atoms with van der Waals surface area (Å²) in [5, 5.41) is 13.2. The lowest BCUT2D eigenvalue weighted by Crippen LogP contribution is -1.83. The molecule has 0 aromatic carbocycles. The Balaban J connectivity index is 3.35. The van der Waals surface area contributed by atoms with Gasteiger partial charge in [-0.2, -0.15) is 5.26 Å². The molecular formula is C2H2NO2+. The molecule has 0 bridgehead atoms. The largest absolute Gasteiger partial charge is 0.622 e. The van der Waals surface area contributed by atoms with Crippen LogP contribution in [0.5, 0.6) is 0 Å². The maximum absolute atomic E-state index is 9.12. The normalized spacial score (nSPS) is 5.40. The molecule has 0 atom stereocenters. The van der Waals surface area contributed by atoms with Crippen LogP contribution in [0.3, 0.4) is 0 Å². The third-order valence-corrected chi connectivity index (χ3v) is 0.102. The first-order valence-corrected chi connectivity index (χ1v) is 0.928. The molecule has 0 aromatic rings. The Morgan fingerprint density at radius 2 is 2.20 bits per heavy atom. The summed E-state index contributed by atoms with van der Waals surface area (Å²) in [6.07, 6.45) is 0. The van der Waals surface area contributed by atoms with Crippen LogP contribution in [0, 0.1) is 11.3 Å². The van der Waals surface area contributed by atoms with Crippen molar-refractivity contribution in [1.82, 2.24) is 0 Å².